The fourth-order valence-corrected chi connectivity index (χ4v) is 4.08. The minimum Gasteiger partial charge on any atom is -0.326 e. The lowest BCUT2D eigenvalue weighted by molar-refractivity contribution is -0.116. The van der Waals surface area contributed by atoms with Crippen molar-refractivity contribution in [3.05, 3.63) is 57.7 Å². The molecule has 0 radical (unpaired) electrons. The molecule has 150 valence electrons. The van der Waals surface area contributed by atoms with Crippen molar-refractivity contribution in [3.63, 3.8) is 0 Å². The molecule has 0 aliphatic rings. The molecule has 3 aromatic heterocycles. The first kappa shape index (κ1) is 19.3. The molecule has 0 aliphatic heterocycles. The van der Waals surface area contributed by atoms with Crippen LogP contribution in [0.4, 0.5) is 10.1 Å². The third-order valence-corrected chi connectivity index (χ3v) is 5.42. The van der Waals surface area contributed by atoms with E-state index in [1.807, 2.05) is 29.7 Å². The van der Waals surface area contributed by atoms with Crippen molar-refractivity contribution >= 4 is 38.9 Å². The zero-order valence-electron chi connectivity index (χ0n) is 16.1. The molecule has 0 saturated carbocycles. The summed E-state index contributed by atoms with van der Waals surface area (Å²) in [6.07, 6.45) is 0.548. The molecule has 0 aliphatic carbocycles. The number of nitrogens with zero attached hydrogens (tertiary/aromatic N) is 4. The Hall–Kier alpha value is -3.07. The number of hydrogen-bond donors (Lipinski definition) is 1. The van der Waals surface area contributed by atoms with Crippen LogP contribution >= 0.6 is 11.3 Å². The number of nitrogens with one attached hydrogen (secondary N) is 1. The zero-order valence-corrected chi connectivity index (χ0v) is 16.9. The van der Waals surface area contributed by atoms with E-state index in [0.717, 1.165) is 5.52 Å². The number of hydrogen-bond acceptors (Lipinski definition) is 5. The van der Waals surface area contributed by atoms with Gasteiger partial charge in [-0.3, -0.25) is 18.6 Å². The number of thiophene rings is 1. The summed E-state index contributed by atoms with van der Waals surface area (Å²) in [5, 5.41) is 13.1. The van der Waals surface area contributed by atoms with Crippen molar-refractivity contribution in [2.24, 2.45) is 5.92 Å². The summed E-state index contributed by atoms with van der Waals surface area (Å²) in [5.41, 5.74) is 1.23. The van der Waals surface area contributed by atoms with Crippen molar-refractivity contribution in [2.45, 2.75) is 33.2 Å². The zero-order chi connectivity index (χ0) is 20.5. The molecule has 0 fully saturated rings. The SMILES string of the molecule is CC(C)Cn1c(=O)c2sccc2n2c(CCC(=O)Nc3ccc(F)cc3)nnc12. The second-order valence-electron chi connectivity index (χ2n) is 7.25. The van der Waals surface area contributed by atoms with Crippen LogP contribution in [0.25, 0.3) is 16.0 Å². The average molecular weight is 413 g/mol. The quantitative estimate of drug-likeness (QED) is 0.525. The topological polar surface area (TPSA) is 81.3 Å². The van der Waals surface area contributed by atoms with Gasteiger partial charge in [0.25, 0.3) is 5.56 Å². The van der Waals surface area contributed by atoms with E-state index in [-0.39, 0.29) is 29.6 Å². The van der Waals surface area contributed by atoms with Crippen molar-refractivity contribution in [1.82, 2.24) is 19.2 Å². The number of halogens is 1. The van der Waals surface area contributed by atoms with Crippen LogP contribution in [0.15, 0.2) is 40.5 Å². The molecular formula is C20H20FN5O2S. The number of anilines is 1. The molecule has 3 heterocycles. The van der Waals surface area contributed by atoms with Gasteiger partial charge in [0.2, 0.25) is 11.7 Å². The van der Waals surface area contributed by atoms with E-state index >= 15 is 0 Å². The maximum absolute atomic E-state index is 13.0. The Morgan fingerprint density at radius 2 is 1.97 bits per heavy atom. The molecule has 7 nitrogen and oxygen atoms in total. The molecule has 0 atom stereocenters. The molecule has 29 heavy (non-hydrogen) atoms. The van der Waals surface area contributed by atoms with E-state index < -0.39 is 0 Å². The van der Waals surface area contributed by atoms with Crippen molar-refractivity contribution in [3.8, 4) is 0 Å². The highest BCUT2D eigenvalue weighted by Gasteiger charge is 2.18. The lowest BCUT2D eigenvalue weighted by atomic mass is 10.2. The largest absolute Gasteiger partial charge is 0.326 e. The molecule has 9 heteroatoms. The van der Waals surface area contributed by atoms with Gasteiger partial charge in [-0.15, -0.1) is 21.5 Å². The first-order valence-electron chi connectivity index (χ1n) is 9.33. The van der Waals surface area contributed by atoms with E-state index in [2.05, 4.69) is 15.5 Å². The predicted octanol–water partition coefficient (Wildman–Crippen LogP) is 3.47. The Labute approximate surface area is 169 Å². The lowest BCUT2D eigenvalue weighted by Crippen LogP contribution is -2.24. The van der Waals surface area contributed by atoms with Crippen LogP contribution in [0.5, 0.6) is 0 Å². The maximum Gasteiger partial charge on any atom is 0.272 e. The monoisotopic (exact) mass is 413 g/mol. The van der Waals surface area contributed by atoms with Gasteiger partial charge in [-0.25, -0.2) is 4.39 Å². The van der Waals surface area contributed by atoms with Gasteiger partial charge in [0.1, 0.15) is 16.3 Å². The van der Waals surface area contributed by atoms with Crippen LogP contribution < -0.4 is 10.9 Å². The summed E-state index contributed by atoms with van der Waals surface area (Å²) in [4.78, 5) is 25.1. The number of aryl methyl sites for hydroxylation is 1. The molecule has 0 bridgehead atoms. The van der Waals surface area contributed by atoms with Crippen LogP contribution in [-0.4, -0.2) is 25.1 Å². The second kappa shape index (κ2) is 7.75. The smallest absolute Gasteiger partial charge is 0.272 e. The molecule has 0 unspecified atom stereocenters. The molecule has 1 amide bonds. The number of carbonyl (C=O) groups excluding carboxylic acids is 1. The summed E-state index contributed by atoms with van der Waals surface area (Å²) >= 11 is 1.39. The number of aromatic nitrogens is 4. The first-order valence-corrected chi connectivity index (χ1v) is 10.2. The number of carbonyl (C=O) groups is 1. The van der Waals surface area contributed by atoms with Gasteiger partial charge in [-0.2, -0.15) is 0 Å². The van der Waals surface area contributed by atoms with Crippen molar-refractivity contribution < 1.29 is 9.18 Å². The van der Waals surface area contributed by atoms with Crippen molar-refractivity contribution in [2.75, 3.05) is 5.32 Å². The minimum absolute atomic E-state index is 0.0656. The van der Waals surface area contributed by atoms with E-state index in [4.69, 9.17) is 0 Å². The van der Waals surface area contributed by atoms with Crippen LogP contribution in [-0.2, 0) is 17.8 Å². The predicted molar refractivity (Wildman–Crippen MR) is 111 cm³/mol. The van der Waals surface area contributed by atoms with Crippen LogP contribution in [0.2, 0.25) is 0 Å². The van der Waals surface area contributed by atoms with Gasteiger partial charge in [0, 0.05) is 25.1 Å². The summed E-state index contributed by atoms with van der Waals surface area (Å²) < 4.78 is 17.2. The van der Waals surface area contributed by atoms with Crippen LogP contribution in [0.3, 0.4) is 0 Å². The fraction of sp³-hybridized carbons (Fsp3) is 0.300. The Kier molecular flexibility index (Phi) is 5.14. The van der Waals surface area contributed by atoms with Gasteiger partial charge in [0.05, 0.1) is 5.52 Å². The van der Waals surface area contributed by atoms with Crippen LogP contribution in [0.1, 0.15) is 26.1 Å². The van der Waals surface area contributed by atoms with Gasteiger partial charge in [-0.05, 0) is 41.6 Å². The Morgan fingerprint density at radius 1 is 1.21 bits per heavy atom. The standard InChI is InChI=1S/C20H20FN5O2S/c1-12(2)11-25-19(28)18-15(9-10-29-18)26-16(23-24-20(25)26)7-8-17(27)22-14-5-3-13(21)4-6-14/h3-6,9-10,12H,7-8,11H2,1-2H3,(H,22,27). The third-order valence-electron chi connectivity index (χ3n) is 4.53. The van der Waals surface area contributed by atoms with Crippen molar-refractivity contribution in [1.29, 1.82) is 0 Å². The lowest BCUT2D eigenvalue weighted by Gasteiger charge is -2.11. The van der Waals surface area contributed by atoms with E-state index in [1.54, 1.807) is 4.57 Å². The van der Waals surface area contributed by atoms with Crippen LogP contribution in [0, 0.1) is 11.7 Å². The average Bonchev–Trinajstić information content (AvgIpc) is 3.32. The highest BCUT2D eigenvalue weighted by molar-refractivity contribution is 7.17. The third kappa shape index (κ3) is 3.77. The number of amides is 1. The molecule has 0 spiro atoms. The highest BCUT2D eigenvalue weighted by atomic mass is 32.1. The molecule has 1 aromatic carbocycles. The van der Waals surface area contributed by atoms with Gasteiger partial charge >= 0.3 is 0 Å². The minimum atomic E-state index is -0.356. The second-order valence-corrected chi connectivity index (χ2v) is 8.17. The van der Waals surface area contributed by atoms with E-state index in [0.29, 0.717) is 35.0 Å². The normalized spacial score (nSPS) is 11.6. The summed E-state index contributed by atoms with van der Waals surface area (Å²) in [6.45, 7) is 4.62. The Bertz CT molecular complexity index is 1240. The molecule has 1 N–H and O–H groups in total. The maximum atomic E-state index is 13.0. The summed E-state index contributed by atoms with van der Waals surface area (Å²) in [6, 6.07) is 7.49. The summed E-state index contributed by atoms with van der Waals surface area (Å²) in [5.74, 6) is 0.824. The molecule has 0 saturated heterocycles. The number of rotatable bonds is 6. The number of fused-ring (bicyclic) bond motifs is 3. The van der Waals surface area contributed by atoms with Gasteiger partial charge < -0.3 is 5.32 Å². The van der Waals surface area contributed by atoms with Gasteiger partial charge in [0.15, 0.2) is 0 Å². The molecular weight excluding hydrogens is 393 g/mol. The van der Waals surface area contributed by atoms with Gasteiger partial charge in [-0.1, -0.05) is 13.8 Å². The Balaban J connectivity index is 1.63. The molecule has 4 rings (SSSR count). The Morgan fingerprint density at radius 3 is 2.69 bits per heavy atom. The summed E-state index contributed by atoms with van der Waals surface area (Å²) in [7, 11) is 0. The van der Waals surface area contributed by atoms with E-state index in [1.165, 1.54) is 35.6 Å². The number of benzene rings is 1. The van der Waals surface area contributed by atoms with E-state index in [9.17, 15) is 14.0 Å². The highest BCUT2D eigenvalue weighted by Crippen LogP contribution is 2.21. The first-order chi connectivity index (χ1) is 13.9. The fourth-order valence-electron chi connectivity index (χ4n) is 3.25. The molecule has 4 aromatic rings.